The Morgan fingerprint density at radius 2 is 2.54 bits per heavy atom. The van der Waals surface area contributed by atoms with E-state index in [0.717, 1.165) is 5.56 Å². The maximum Gasteiger partial charge on any atom is 0.227 e. The van der Waals surface area contributed by atoms with E-state index in [4.69, 9.17) is 5.73 Å². The van der Waals surface area contributed by atoms with Gasteiger partial charge in [-0.15, -0.1) is 0 Å². The first kappa shape index (κ1) is 9.80. The fourth-order valence-corrected chi connectivity index (χ4v) is 1.11. The minimum Gasteiger partial charge on any atom is -0.367 e. The fourth-order valence-electron chi connectivity index (χ4n) is 1.11. The Morgan fingerprint density at radius 3 is 3.08 bits per heavy atom. The Bertz CT molecular complexity index is 256. The molecule has 0 saturated carbocycles. The van der Waals surface area contributed by atoms with Crippen molar-refractivity contribution in [1.29, 1.82) is 0 Å². The van der Waals surface area contributed by atoms with Crippen molar-refractivity contribution < 1.29 is 4.79 Å². The lowest BCUT2D eigenvalue weighted by Gasteiger charge is -2.09. The summed E-state index contributed by atoms with van der Waals surface area (Å²) in [5.74, 6) is -0.0946. The molecule has 0 aliphatic carbocycles. The number of H-pyrrole nitrogens is 1. The minimum absolute atomic E-state index is 0.0186. The van der Waals surface area contributed by atoms with E-state index < -0.39 is 0 Å². The van der Waals surface area contributed by atoms with Crippen LogP contribution in [0.5, 0.6) is 0 Å². The quantitative estimate of drug-likeness (QED) is 0.620. The van der Waals surface area contributed by atoms with Gasteiger partial charge in [-0.25, -0.2) is 0 Å². The van der Waals surface area contributed by atoms with Crippen LogP contribution < -0.4 is 11.1 Å². The number of amides is 1. The third-order valence-corrected chi connectivity index (χ3v) is 1.96. The molecular weight excluding hydrogens is 166 g/mol. The maximum atomic E-state index is 11.4. The highest BCUT2D eigenvalue weighted by Gasteiger charge is 2.13. The summed E-state index contributed by atoms with van der Waals surface area (Å²) in [6, 6.07) is 1.90. The molecule has 0 bridgehead atoms. The average molecular weight is 181 g/mol. The highest BCUT2D eigenvalue weighted by atomic mass is 16.1. The van der Waals surface area contributed by atoms with Gasteiger partial charge in [-0.05, 0) is 18.6 Å². The number of rotatable bonds is 4. The summed E-state index contributed by atoms with van der Waals surface area (Å²) in [4.78, 5) is 14.3. The van der Waals surface area contributed by atoms with E-state index in [-0.39, 0.29) is 11.8 Å². The molecule has 0 aromatic carbocycles. The van der Waals surface area contributed by atoms with E-state index in [1.165, 1.54) is 0 Å². The predicted octanol–water partition coefficient (Wildman–Crippen LogP) is 0.193. The van der Waals surface area contributed by atoms with Gasteiger partial charge in [0.15, 0.2) is 0 Å². The van der Waals surface area contributed by atoms with E-state index in [9.17, 15) is 4.79 Å². The third-order valence-electron chi connectivity index (χ3n) is 1.96. The van der Waals surface area contributed by atoms with Crippen molar-refractivity contribution in [2.24, 2.45) is 5.73 Å². The Kier molecular flexibility index (Phi) is 3.52. The van der Waals surface area contributed by atoms with Crippen LogP contribution in [0.15, 0.2) is 18.5 Å². The molecular formula is C9H15N3O. The first-order chi connectivity index (χ1) is 6.25. The highest BCUT2D eigenvalue weighted by molar-refractivity contribution is 5.83. The van der Waals surface area contributed by atoms with Gasteiger partial charge in [-0.2, -0.15) is 0 Å². The lowest BCUT2D eigenvalue weighted by atomic mass is 10.0. The molecule has 0 fully saturated rings. The van der Waals surface area contributed by atoms with Gasteiger partial charge < -0.3 is 16.0 Å². The van der Waals surface area contributed by atoms with Crippen LogP contribution in [0.2, 0.25) is 0 Å². The summed E-state index contributed by atoms with van der Waals surface area (Å²) in [6.07, 6.45) is 3.63. The number of carbonyl (C=O) groups is 1. The maximum absolute atomic E-state index is 11.4. The number of aromatic amines is 1. The monoisotopic (exact) mass is 181 g/mol. The Labute approximate surface area is 77.5 Å². The molecule has 4 heteroatoms. The van der Waals surface area contributed by atoms with E-state index in [2.05, 4.69) is 10.3 Å². The van der Waals surface area contributed by atoms with Gasteiger partial charge in [-0.3, -0.25) is 4.79 Å². The molecule has 13 heavy (non-hydrogen) atoms. The number of carbonyl (C=O) groups excluding carboxylic acids is 1. The van der Waals surface area contributed by atoms with Crippen molar-refractivity contribution in [2.75, 3.05) is 13.1 Å². The topological polar surface area (TPSA) is 70.9 Å². The van der Waals surface area contributed by atoms with Crippen LogP contribution in [0.1, 0.15) is 18.4 Å². The average Bonchev–Trinajstić information content (AvgIpc) is 2.65. The summed E-state index contributed by atoms with van der Waals surface area (Å²) in [6.45, 7) is 2.88. The number of aromatic nitrogens is 1. The number of hydrogen-bond acceptors (Lipinski definition) is 2. The van der Waals surface area contributed by atoms with E-state index in [1.807, 2.05) is 25.4 Å². The molecule has 1 aromatic rings. The van der Waals surface area contributed by atoms with Crippen LogP contribution in [0.4, 0.5) is 0 Å². The largest absolute Gasteiger partial charge is 0.367 e. The number of nitrogens with one attached hydrogen (secondary N) is 2. The molecule has 72 valence electrons. The van der Waals surface area contributed by atoms with Gasteiger partial charge >= 0.3 is 0 Å². The first-order valence-electron chi connectivity index (χ1n) is 4.36. The molecule has 1 unspecified atom stereocenters. The molecule has 0 spiro atoms. The Morgan fingerprint density at radius 1 is 1.77 bits per heavy atom. The summed E-state index contributed by atoms with van der Waals surface area (Å²) in [7, 11) is 0. The number of hydrogen-bond donors (Lipinski definition) is 3. The molecule has 0 saturated heterocycles. The van der Waals surface area contributed by atoms with Crippen molar-refractivity contribution in [2.45, 2.75) is 12.8 Å². The normalized spacial score (nSPS) is 12.5. The Balaban J connectivity index is 2.48. The van der Waals surface area contributed by atoms with Gasteiger partial charge in [0.25, 0.3) is 0 Å². The zero-order valence-corrected chi connectivity index (χ0v) is 7.71. The molecule has 1 rings (SSSR count). The van der Waals surface area contributed by atoms with Gasteiger partial charge in [0.2, 0.25) is 5.91 Å². The van der Waals surface area contributed by atoms with Crippen LogP contribution in [-0.2, 0) is 4.79 Å². The highest BCUT2D eigenvalue weighted by Crippen LogP contribution is 2.13. The van der Waals surface area contributed by atoms with Crippen molar-refractivity contribution in [3.63, 3.8) is 0 Å². The molecule has 0 aliphatic heterocycles. The van der Waals surface area contributed by atoms with E-state index in [0.29, 0.717) is 13.1 Å². The zero-order chi connectivity index (χ0) is 9.68. The molecule has 0 radical (unpaired) electrons. The summed E-state index contributed by atoms with van der Waals surface area (Å²) < 4.78 is 0. The Hall–Kier alpha value is -1.29. The first-order valence-corrected chi connectivity index (χ1v) is 4.36. The van der Waals surface area contributed by atoms with Crippen LogP contribution in [0, 0.1) is 0 Å². The molecule has 4 N–H and O–H groups in total. The standard InChI is InChI=1S/C9H15N3O/c1-7(8-2-4-11-6-8)9(13)12-5-3-10/h2,4,6-7,11H,3,5,10H2,1H3,(H,12,13). The molecule has 1 aromatic heterocycles. The smallest absolute Gasteiger partial charge is 0.227 e. The lowest BCUT2D eigenvalue weighted by Crippen LogP contribution is -2.32. The van der Waals surface area contributed by atoms with Gasteiger partial charge in [0.1, 0.15) is 0 Å². The van der Waals surface area contributed by atoms with Crippen molar-refractivity contribution in [3.8, 4) is 0 Å². The van der Waals surface area contributed by atoms with E-state index >= 15 is 0 Å². The lowest BCUT2D eigenvalue weighted by molar-refractivity contribution is -0.122. The van der Waals surface area contributed by atoms with Crippen LogP contribution in [-0.4, -0.2) is 24.0 Å². The van der Waals surface area contributed by atoms with Crippen molar-refractivity contribution in [1.82, 2.24) is 10.3 Å². The van der Waals surface area contributed by atoms with E-state index in [1.54, 1.807) is 0 Å². The third kappa shape index (κ3) is 2.59. The molecule has 1 amide bonds. The van der Waals surface area contributed by atoms with Crippen molar-refractivity contribution in [3.05, 3.63) is 24.0 Å². The van der Waals surface area contributed by atoms with Crippen LogP contribution in [0.25, 0.3) is 0 Å². The number of nitrogens with two attached hydrogens (primary N) is 1. The minimum atomic E-state index is -0.113. The zero-order valence-electron chi connectivity index (χ0n) is 7.71. The van der Waals surface area contributed by atoms with Gasteiger partial charge in [-0.1, -0.05) is 0 Å². The molecule has 4 nitrogen and oxygen atoms in total. The molecule has 1 atom stereocenters. The second-order valence-corrected chi connectivity index (χ2v) is 2.95. The fraction of sp³-hybridized carbons (Fsp3) is 0.444. The van der Waals surface area contributed by atoms with Gasteiger partial charge in [0.05, 0.1) is 5.92 Å². The van der Waals surface area contributed by atoms with Crippen LogP contribution in [0.3, 0.4) is 0 Å². The summed E-state index contributed by atoms with van der Waals surface area (Å²) in [5.41, 5.74) is 6.27. The summed E-state index contributed by atoms with van der Waals surface area (Å²) >= 11 is 0. The predicted molar refractivity (Wildman–Crippen MR) is 51.3 cm³/mol. The second-order valence-electron chi connectivity index (χ2n) is 2.95. The SMILES string of the molecule is CC(C(=O)NCCN)c1cc[nH]c1. The molecule has 1 heterocycles. The molecule has 0 aliphatic rings. The van der Waals surface area contributed by atoms with Gasteiger partial charge in [0, 0.05) is 25.5 Å². The van der Waals surface area contributed by atoms with Crippen LogP contribution >= 0.6 is 0 Å². The van der Waals surface area contributed by atoms with Crippen molar-refractivity contribution >= 4 is 5.91 Å². The summed E-state index contributed by atoms with van der Waals surface area (Å²) in [5, 5.41) is 2.74. The second kappa shape index (κ2) is 4.67.